The first-order valence-corrected chi connectivity index (χ1v) is 11.7. The Labute approximate surface area is 212 Å². The van der Waals surface area contributed by atoms with E-state index in [1.807, 2.05) is 32.0 Å². The van der Waals surface area contributed by atoms with Crippen LogP contribution in [0.3, 0.4) is 0 Å². The quantitative estimate of drug-likeness (QED) is 0.232. The molecule has 3 aromatic rings. The zero-order valence-corrected chi connectivity index (χ0v) is 21.7. The minimum Gasteiger partial charge on any atom is -0.506 e. The second kappa shape index (κ2) is 10.7. The number of phenolic OH excluding ortho intramolecular Hbond substituents is 1. The molecule has 0 saturated heterocycles. The monoisotopic (exact) mass is 598 g/mol. The lowest BCUT2D eigenvalue weighted by Crippen LogP contribution is -2.17. The lowest BCUT2D eigenvalue weighted by Gasteiger charge is -2.14. The van der Waals surface area contributed by atoms with Crippen molar-refractivity contribution in [2.24, 2.45) is 5.10 Å². The fourth-order valence-electron chi connectivity index (χ4n) is 3.00. The van der Waals surface area contributed by atoms with Crippen LogP contribution in [0.5, 0.6) is 11.5 Å². The number of ether oxygens (including phenoxy) is 1. The number of nitrogens with one attached hydrogen (secondary N) is 1. The SMILES string of the molecule is Cc1cc(/C=N\NC(=O)c2cc(Br)c(O)c(Br)c2)cc(C)c1OCc1ccc(Cl)cc1Cl. The van der Waals surface area contributed by atoms with Crippen molar-refractivity contribution in [1.82, 2.24) is 5.43 Å². The Kier molecular flexibility index (Phi) is 8.22. The second-order valence-electron chi connectivity index (χ2n) is 7.00. The third-order valence-corrected chi connectivity index (χ3v) is 6.32. The number of amides is 1. The Morgan fingerprint density at radius 1 is 1.09 bits per heavy atom. The van der Waals surface area contributed by atoms with Crippen molar-refractivity contribution in [2.75, 3.05) is 0 Å². The number of rotatable bonds is 6. The maximum Gasteiger partial charge on any atom is 0.271 e. The van der Waals surface area contributed by atoms with Gasteiger partial charge < -0.3 is 9.84 Å². The molecule has 0 aliphatic heterocycles. The van der Waals surface area contributed by atoms with E-state index in [4.69, 9.17) is 27.9 Å². The molecule has 0 aliphatic carbocycles. The lowest BCUT2D eigenvalue weighted by molar-refractivity contribution is 0.0955. The van der Waals surface area contributed by atoms with Crippen molar-refractivity contribution in [2.45, 2.75) is 20.5 Å². The smallest absolute Gasteiger partial charge is 0.271 e. The van der Waals surface area contributed by atoms with Crippen LogP contribution in [0.15, 0.2) is 56.5 Å². The third kappa shape index (κ3) is 6.04. The molecule has 0 spiro atoms. The van der Waals surface area contributed by atoms with Gasteiger partial charge in [0.25, 0.3) is 5.91 Å². The van der Waals surface area contributed by atoms with E-state index in [0.717, 1.165) is 28.0 Å². The Hall–Kier alpha value is -2.06. The molecule has 0 aromatic heterocycles. The van der Waals surface area contributed by atoms with Gasteiger partial charge in [0, 0.05) is 21.2 Å². The number of aryl methyl sites for hydroxylation is 2. The summed E-state index contributed by atoms with van der Waals surface area (Å²) in [5.74, 6) is 0.378. The molecule has 32 heavy (non-hydrogen) atoms. The second-order valence-corrected chi connectivity index (χ2v) is 9.55. The molecular weight excluding hydrogens is 583 g/mol. The summed E-state index contributed by atoms with van der Waals surface area (Å²) in [6, 6.07) is 12.1. The molecule has 0 bridgehead atoms. The van der Waals surface area contributed by atoms with Gasteiger partial charge in [0.2, 0.25) is 0 Å². The number of carbonyl (C=O) groups is 1. The molecule has 9 heteroatoms. The van der Waals surface area contributed by atoms with Crippen molar-refractivity contribution in [1.29, 1.82) is 0 Å². The summed E-state index contributed by atoms with van der Waals surface area (Å²) in [6.45, 7) is 4.19. The highest BCUT2D eigenvalue weighted by Crippen LogP contribution is 2.33. The minimum absolute atomic E-state index is 0.0247. The molecule has 166 valence electrons. The normalized spacial score (nSPS) is 11.1. The summed E-state index contributed by atoms with van der Waals surface area (Å²) in [7, 11) is 0. The van der Waals surface area contributed by atoms with Gasteiger partial charge in [-0.05, 0) is 98.8 Å². The predicted octanol–water partition coefficient (Wildman–Crippen LogP) is 7.18. The van der Waals surface area contributed by atoms with Crippen LogP contribution in [0.1, 0.15) is 32.6 Å². The van der Waals surface area contributed by atoms with E-state index in [9.17, 15) is 9.90 Å². The number of benzene rings is 3. The summed E-state index contributed by atoms with van der Waals surface area (Å²) in [4.78, 5) is 12.3. The predicted molar refractivity (Wildman–Crippen MR) is 135 cm³/mol. The van der Waals surface area contributed by atoms with Crippen LogP contribution in [0.4, 0.5) is 0 Å². The van der Waals surface area contributed by atoms with Crippen LogP contribution in [0.2, 0.25) is 10.0 Å². The fourth-order valence-corrected chi connectivity index (χ4v) is 4.65. The zero-order valence-electron chi connectivity index (χ0n) is 17.0. The average molecular weight is 601 g/mol. The van der Waals surface area contributed by atoms with E-state index >= 15 is 0 Å². The largest absolute Gasteiger partial charge is 0.506 e. The van der Waals surface area contributed by atoms with Crippen LogP contribution in [-0.2, 0) is 6.61 Å². The first kappa shape index (κ1) is 24.6. The van der Waals surface area contributed by atoms with Crippen molar-refractivity contribution in [3.8, 4) is 11.5 Å². The standard InChI is InChI=1S/C23H18Br2Cl2N2O3/c1-12-5-14(10-28-29-23(31)16-7-18(24)21(30)19(25)8-16)6-13(2)22(12)32-11-15-3-4-17(26)9-20(15)27/h3-10,30H,11H2,1-2H3,(H,29,31)/b28-10-. The van der Waals surface area contributed by atoms with Gasteiger partial charge in [-0.15, -0.1) is 0 Å². The third-order valence-electron chi connectivity index (χ3n) is 4.53. The van der Waals surface area contributed by atoms with Crippen molar-refractivity contribution in [3.05, 3.63) is 89.3 Å². The van der Waals surface area contributed by atoms with Crippen molar-refractivity contribution >= 4 is 67.2 Å². The number of hydrogen-bond acceptors (Lipinski definition) is 4. The van der Waals surface area contributed by atoms with Crippen LogP contribution in [0, 0.1) is 13.8 Å². The highest BCUT2D eigenvalue weighted by molar-refractivity contribution is 9.11. The molecule has 0 radical (unpaired) electrons. The molecule has 2 N–H and O–H groups in total. The van der Waals surface area contributed by atoms with Gasteiger partial charge in [-0.1, -0.05) is 29.3 Å². The van der Waals surface area contributed by atoms with Crippen molar-refractivity contribution < 1.29 is 14.6 Å². The van der Waals surface area contributed by atoms with E-state index in [-0.39, 0.29) is 5.75 Å². The molecular formula is C23H18Br2Cl2N2O3. The number of hydrazone groups is 1. The maximum atomic E-state index is 12.3. The maximum absolute atomic E-state index is 12.3. The van der Waals surface area contributed by atoms with Gasteiger partial charge >= 0.3 is 0 Å². The van der Waals surface area contributed by atoms with Gasteiger partial charge in [-0.3, -0.25) is 4.79 Å². The Morgan fingerprint density at radius 2 is 1.72 bits per heavy atom. The molecule has 5 nitrogen and oxygen atoms in total. The molecule has 1 amide bonds. The van der Waals surface area contributed by atoms with Crippen LogP contribution < -0.4 is 10.2 Å². The number of nitrogens with zero attached hydrogens (tertiary/aromatic N) is 1. The number of halogens is 4. The molecule has 0 unspecified atom stereocenters. The highest BCUT2D eigenvalue weighted by Gasteiger charge is 2.12. The van der Waals surface area contributed by atoms with Crippen molar-refractivity contribution in [3.63, 3.8) is 0 Å². The summed E-state index contributed by atoms with van der Waals surface area (Å²) in [5.41, 5.74) is 6.33. The first-order valence-electron chi connectivity index (χ1n) is 9.35. The molecule has 0 saturated carbocycles. The van der Waals surface area contributed by atoms with E-state index in [1.54, 1.807) is 18.3 Å². The van der Waals surface area contributed by atoms with Gasteiger partial charge in [-0.25, -0.2) is 5.43 Å². The van der Waals surface area contributed by atoms with Crippen LogP contribution in [0.25, 0.3) is 0 Å². The van der Waals surface area contributed by atoms with Gasteiger partial charge in [0.15, 0.2) is 0 Å². The molecule has 3 aromatic carbocycles. The van der Waals surface area contributed by atoms with E-state index in [0.29, 0.717) is 31.2 Å². The minimum atomic E-state index is -0.407. The fraction of sp³-hybridized carbons (Fsp3) is 0.130. The summed E-state index contributed by atoms with van der Waals surface area (Å²) < 4.78 is 6.80. The Morgan fingerprint density at radius 3 is 2.31 bits per heavy atom. The van der Waals surface area contributed by atoms with E-state index < -0.39 is 5.91 Å². The Bertz CT molecular complexity index is 1170. The van der Waals surface area contributed by atoms with E-state index in [1.165, 1.54) is 12.1 Å². The van der Waals surface area contributed by atoms with Crippen LogP contribution in [-0.4, -0.2) is 17.2 Å². The van der Waals surface area contributed by atoms with E-state index in [2.05, 4.69) is 42.4 Å². The summed E-state index contributed by atoms with van der Waals surface area (Å²) >= 11 is 18.6. The number of carbonyl (C=O) groups excluding carboxylic acids is 1. The number of hydrogen-bond donors (Lipinski definition) is 2. The lowest BCUT2D eigenvalue weighted by atomic mass is 10.1. The van der Waals surface area contributed by atoms with Gasteiger partial charge in [0.05, 0.1) is 15.2 Å². The van der Waals surface area contributed by atoms with Crippen LogP contribution >= 0.6 is 55.1 Å². The topological polar surface area (TPSA) is 70.9 Å². The first-order chi connectivity index (χ1) is 15.2. The Balaban J connectivity index is 1.68. The molecule has 0 aliphatic rings. The zero-order chi connectivity index (χ0) is 23.4. The molecule has 3 rings (SSSR count). The molecule has 0 atom stereocenters. The number of phenols is 1. The molecule has 0 fully saturated rings. The average Bonchev–Trinajstić information content (AvgIpc) is 2.72. The number of aromatic hydroxyl groups is 1. The van der Waals surface area contributed by atoms with Gasteiger partial charge in [-0.2, -0.15) is 5.10 Å². The summed E-state index contributed by atoms with van der Waals surface area (Å²) in [5, 5.41) is 14.9. The highest BCUT2D eigenvalue weighted by atomic mass is 79.9. The summed E-state index contributed by atoms with van der Waals surface area (Å²) in [6.07, 6.45) is 1.56. The molecule has 0 heterocycles. The van der Waals surface area contributed by atoms with Gasteiger partial charge in [0.1, 0.15) is 18.1 Å².